The van der Waals surface area contributed by atoms with E-state index in [2.05, 4.69) is 0 Å². The van der Waals surface area contributed by atoms with Crippen LogP contribution in [-0.2, 0) is 14.2 Å². The summed E-state index contributed by atoms with van der Waals surface area (Å²) in [6.07, 6.45) is 0.299. The summed E-state index contributed by atoms with van der Waals surface area (Å²) in [6.45, 7) is 6.06. The minimum absolute atomic E-state index is 0.150. The highest BCUT2D eigenvalue weighted by molar-refractivity contribution is 4.64. The van der Waals surface area contributed by atoms with Gasteiger partial charge in [-0.3, -0.25) is 0 Å². The Morgan fingerprint density at radius 2 is 1.70 bits per heavy atom. The third-order valence-electron chi connectivity index (χ3n) is 1.62. The number of rotatable bonds is 2. The normalized spacial score (nSPS) is 40.5. The van der Waals surface area contributed by atoms with Crippen molar-refractivity contribution in [3.63, 3.8) is 0 Å². The second-order valence-corrected chi connectivity index (χ2v) is 2.43. The molecule has 1 saturated heterocycles. The first-order valence-corrected chi connectivity index (χ1v) is 3.66. The van der Waals surface area contributed by atoms with Crippen molar-refractivity contribution in [2.75, 3.05) is 6.61 Å². The Morgan fingerprint density at radius 3 is 2.10 bits per heavy atom. The molecule has 0 aromatic heterocycles. The standard InChI is InChI=1S/C7H14O3/c1-4-8-7-9-5(2)6(3)10-7/h5-7H,4H2,1-3H3/t5-,6+,7?. The Bertz CT molecular complexity index is 95.0. The molecule has 0 amide bonds. The molecule has 0 bridgehead atoms. The van der Waals surface area contributed by atoms with E-state index >= 15 is 0 Å². The summed E-state index contributed by atoms with van der Waals surface area (Å²) in [5.41, 5.74) is 0. The highest BCUT2D eigenvalue weighted by atomic mass is 16.9. The van der Waals surface area contributed by atoms with E-state index in [1.165, 1.54) is 0 Å². The van der Waals surface area contributed by atoms with Gasteiger partial charge in [-0.05, 0) is 20.8 Å². The van der Waals surface area contributed by atoms with Crippen LogP contribution in [0.1, 0.15) is 20.8 Å². The summed E-state index contributed by atoms with van der Waals surface area (Å²) in [6, 6.07) is 0. The van der Waals surface area contributed by atoms with Gasteiger partial charge < -0.3 is 14.2 Å². The molecule has 1 aliphatic rings. The molecule has 0 N–H and O–H groups in total. The average molecular weight is 146 g/mol. The lowest BCUT2D eigenvalue weighted by molar-refractivity contribution is -0.238. The van der Waals surface area contributed by atoms with Gasteiger partial charge in [-0.1, -0.05) is 0 Å². The minimum atomic E-state index is -0.435. The molecule has 60 valence electrons. The first-order chi connectivity index (χ1) is 4.74. The first-order valence-electron chi connectivity index (χ1n) is 3.66. The summed E-state index contributed by atoms with van der Waals surface area (Å²) in [5, 5.41) is 0. The molecule has 3 nitrogen and oxygen atoms in total. The van der Waals surface area contributed by atoms with Gasteiger partial charge in [0.1, 0.15) is 0 Å². The third kappa shape index (κ3) is 1.68. The van der Waals surface area contributed by atoms with E-state index in [1.54, 1.807) is 0 Å². The van der Waals surface area contributed by atoms with Crippen molar-refractivity contribution in [1.82, 2.24) is 0 Å². The quantitative estimate of drug-likeness (QED) is 0.584. The fourth-order valence-electron chi connectivity index (χ4n) is 0.819. The molecular weight excluding hydrogens is 132 g/mol. The molecule has 1 heterocycles. The Morgan fingerprint density at radius 1 is 1.20 bits per heavy atom. The lowest BCUT2D eigenvalue weighted by Gasteiger charge is -2.07. The molecule has 0 aromatic carbocycles. The Kier molecular flexibility index (Phi) is 2.65. The monoisotopic (exact) mass is 146 g/mol. The maximum Gasteiger partial charge on any atom is 0.272 e. The maximum absolute atomic E-state index is 5.27. The third-order valence-corrected chi connectivity index (χ3v) is 1.62. The molecule has 10 heavy (non-hydrogen) atoms. The first kappa shape index (κ1) is 7.98. The van der Waals surface area contributed by atoms with Crippen LogP contribution < -0.4 is 0 Å². The van der Waals surface area contributed by atoms with Crippen LogP contribution >= 0.6 is 0 Å². The van der Waals surface area contributed by atoms with E-state index in [4.69, 9.17) is 14.2 Å². The molecule has 1 unspecified atom stereocenters. The van der Waals surface area contributed by atoms with Gasteiger partial charge in [-0.25, -0.2) is 0 Å². The van der Waals surface area contributed by atoms with Gasteiger partial charge in [-0.15, -0.1) is 0 Å². The average Bonchev–Trinajstić information content (AvgIpc) is 2.14. The highest BCUT2D eigenvalue weighted by Crippen LogP contribution is 2.18. The summed E-state index contributed by atoms with van der Waals surface area (Å²) in [5.74, 6) is 0. The van der Waals surface area contributed by atoms with Crippen molar-refractivity contribution in [2.45, 2.75) is 39.5 Å². The smallest absolute Gasteiger partial charge is 0.272 e. The lowest BCUT2D eigenvalue weighted by atomic mass is 10.3. The number of hydrogen-bond acceptors (Lipinski definition) is 3. The minimum Gasteiger partial charge on any atom is -0.330 e. The van der Waals surface area contributed by atoms with E-state index in [-0.39, 0.29) is 12.2 Å². The predicted octanol–water partition coefficient (Wildman–Crippen LogP) is 1.13. The van der Waals surface area contributed by atoms with Crippen molar-refractivity contribution in [3.05, 3.63) is 0 Å². The summed E-state index contributed by atoms with van der Waals surface area (Å²) >= 11 is 0. The van der Waals surface area contributed by atoms with Crippen LogP contribution in [0.25, 0.3) is 0 Å². The topological polar surface area (TPSA) is 27.7 Å². The van der Waals surface area contributed by atoms with Gasteiger partial charge in [0.2, 0.25) is 0 Å². The van der Waals surface area contributed by atoms with E-state index in [0.717, 1.165) is 0 Å². The van der Waals surface area contributed by atoms with E-state index in [0.29, 0.717) is 6.61 Å². The molecule has 1 rings (SSSR count). The summed E-state index contributed by atoms with van der Waals surface area (Å²) in [7, 11) is 0. The van der Waals surface area contributed by atoms with Crippen molar-refractivity contribution in [2.24, 2.45) is 0 Å². The Hall–Kier alpha value is -0.120. The molecule has 0 aromatic rings. The fourth-order valence-corrected chi connectivity index (χ4v) is 0.819. The Labute approximate surface area is 61.3 Å². The second kappa shape index (κ2) is 3.32. The number of hydrogen-bond donors (Lipinski definition) is 0. The van der Waals surface area contributed by atoms with Crippen LogP contribution in [0.5, 0.6) is 0 Å². The van der Waals surface area contributed by atoms with Crippen molar-refractivity contribution in [3.8, 4) is 0 Å². The van der Waals surface area contributed by atoms with E-state index in [9.17, 15) is 0 Å². The Balaban J connectivity index is 2.27. The van der Waals surface area contributed by atoms with Crippen molar-refractivity contribution >= 4 is 0 Å². The van der Waals surface area contributed by atoms with Crippen molar-refractivity contribution in [1.29, 1.82) is 0 Å². The van der Waals surface area contributed by atoms with Crippen LogP contribution in [0.4, 0.5) is 0 Å². The molecule has 3 atom stereocenters. The van der Waals surface area contributed by atoms with E-state index < -0.39 is 6.48 Å². The van der Waals surface area contributed by atoms with Crippen LogP contribution in [-0.4, -0.2) is 25.3 Å². The highest BCUT2D eigenvalue weighted by Gasteiger charge is 2.29. The van der Waals surface area contributed by atoms with Gasteiger partial charge in [0.05, 0.1) is 12.2 Å². The predicted molar refractivity (Wildman–Crippen MR) is 36.5 cm³/mol. The summed E-state index contributed by atoms with van der Waals surface area (Å²) in [4.78, 5) is 0. The molecule has 1 aliphatic heterocycles. The van der Waals surface area contributed by atoms with Gasteiger partial charge >= 0.3 is 0 Å². The molecule has 3 heteroatoms. The van der Waals surface area contributed by atoms with Gasteiger partial charge in [0, 0.05) is 6.61 Å². The lowest BCUT2D eigenvalue weighted by Crippen LogP contribution is -2.13. The second-order valence-electron chi connectivity index (χ2n) is 2.43. The largest absolute Gasteiger partial charge is 0.330 e. The molecule has 0 spiro atoms. The van der Waals surface area contributed by atoms with Crippen molar-refractivity contribution < 1.29 is 14.2 Å². The molecular formula is C7H14O3. The molecule has 0 aliphatic carbocycles. The van der Waals surface area contributed by atoms with Gasteiger partial charge in [0.25, 0.3) is 6.48 Å². The van der Waals surface area contributed by atoms with Gasteiger partial charge in [0.15, 0.2) is 0 Å². The van der Waals surface area contributed by atoms with Crippen LogP contribution in [0.3, 0.4) is 0 Å². The maximum atomic E-state index is 5.27. The summed E-state index contributed by atoms with van der Waals surface area (Å²) < 4.78 is 15.6. The van der Waals surface area contributed by atoms with Crippen LogP contribution in [0, 0.1) is 0 Å². The molecule has 0 radical (unpaired) electrons. The number of ether oxygens (including phenoxy) is 3. The fraction of sp³-hybridized carbons (Fsp3) is 1.00. The van der Waals surface area contributed by atoms with Crippen LogP contribution in [0.15, 0.2) is 0 Å². The molecule has 1 fully saturated rings. The van der Waals surface area contributed by atoms with Crippen LogP contribution in [0.2, 0.25) is 0 Å². The SMILES string of the molecule is CCOC1O[C@@H](C)[C@@H](C)O1. The van der Waals surface area contributed by atoms with E-state index in [1.807, 2.05) is 20.8 Å². The molecule has 0 saturated carbocycles. The zero-order valence-corrected chi connectivity index (χ0v) is 6.66. The zero-order valence-electron chi connectivity index (χ0n) is 6.66. The zero-order chi connectivity index (χ0) is 7.56. The van der Waals surface area contributed by atoms with Gasteiger partial charge in [-0.2, -0.15) is 0 Å².